The van der Waals surface area contributed by atoms with Gasteiger partial charge in [0.25, 0.3) is 9.84 Å². The van der Waals surface area contributed by atoms with E-state index in [1.54, 1.807) is 6.92 Å². The number of sulfone groups is 1. The van der Waals surface area contributed by atoms with Crippen LogP contribution in [0.2, 0.25) is 0 Å². The van der Waals surface area contributed by atoms with Gasteiger partial charge < -0.3 is 4.74 Å². The predicted molar refractivity (Wildman–Crippen MR) is 50.5 cm³/mol. The molecule has 5 heteroatoms. The van der Waals surface area contributed by atoms with Crippen LogP contribution < -0.4 is 4.74 Å². The number of nitrogens with zero attached hydrogens (tertiary/aromatic N) is 1. The number of aryl methyl sites for hydroxylation is 1. The van der Waals surface area contributed by atoms with Gasteiger partial charge in [-0.15, -0.1) is 0 Å². The zero-order valence-electron chi connectivity index (χ0n) is 7.81. The van der Waals surface area contributed by atoms with Gasteiger partial charge in [0.1, 0.15) is 5.75 Å². The monoisotopic (exact) mass is 211 g/mol. The Hall–Kier alpha value is -1.54. The summed E-state index contributed by atoms with van der Waals surface area (Å²) in [6.07, 6.45) is 0. The van der Waals surface area contributed by atoms with E-state index in [4.69, 9.17) is 10.00 Å². The summed E-state index contributed by atoms with van der Waals surface area (Å²) in [4.78, 5) is -0.00157. The molecule has 0 unspecified atom stereocenters. The average molecular weight is 211 g/mol. The van der Waals surface area contributed by atoms with Crippen LogP contribution in [0.5, 0.6) is 5.75 Å². The Morgan fingerprint density at radius 3 is 2.50 bits per heavy atom. The molecule has 0 heterocycles. The van der Waals surface area contributed by atoms with E-state index in [0.717, 1.165) is 0 Å². The maximum Gasteiger partial charge on any atom is 0.269 e. The molecule has 1 aromatic carbocycles. The lowest BCUT2D eigenvalue weighted by Gasteiger charge is -2.04. The SMILES string of the molecule is COc1ccc(S(=O)(=O)C#N)cc1C. The minimum Gasteiger partial charge on any atom is -0.496 e. The number of nitriles is 1. The summed E-state index contributed by atoms with van der Waals surface area (Å²) in [5, 5.41) is 9.65. The van der Waals surface area contributed by atoms with Crippen LogP contribution in [0.1, 0.15) is 5.56 Å². The lowest BCUT2D eigenvalue weighted by atomic mass is 10.2. The quantitative estimate of drug-likeness (QED) is 0.545. The first-order valence-electron chi connectivity index (χ1n) is 3.82. The van der Waals surface area contributed by atoms with Crippen molar-refractivity contribution >= 4 is 9.84 Å². The van der Waals surface area contributed by atoms with Crippen molar-refractivity contribution < 1.29 is 13.2 Å². The van der Waals surface area contributed by atoms with Crippen LogP contribution in [0.3, 0.4) is 0 Å². The highest BCUT2D eigenvalue weighted by atomic mass is 32.2. The molecule has 0 bridgehead atoms. The van der Waals surface area contributed by atoms with E-state index >= 15 is 0 Å². The van der Waals surface area contributed by atoms with Gasteiger partial charge in [-0.3, -0.25) is 0 Å². The second-order valence-electron chi connectivity index (χ2n) is 2.73. The lowest BCUT2D eigenvalue weighted by molar-refractivity contribution is 0.411. The second kappa shape index (κ2) is 3.68. The number of hydrogen-bond donors (Lipinski definition) is 0. The molecule has 0 aliphatic carbocycles. The molecule has 0 N–H and O–H groups in total. The summed E-state index contributed by atoms with van der Waals surface area (Å²) < 4.78 is 27.3. The maximum atomic E-state index is 11.2. The van der Waals surface area contributed by atoms with E-state index in [2.05, 4.69) is 0 Å². The van der Waals surface area contributed by atoms with Crippen molar-refractivity contribution in [1.82, 2.24) is 0 Å². The lowest BCUT2D eigenvalue weighted by Crippen LogP contribution is -1.97. The molecule has 0 atom stereocenters. The third kappa shape index (κ3) is 1.86. The number of hydrogen-bond acceptors (Lipinski definition) is 4. The molecular weight excluding hydrogens is 202 g/mol. The molecule has 0 saturated carbocycles. The van der Waals surface area contributed by atoms with Gasteiger partial charge in [-0.05, 0) is 30.7 Å². The second-order valence-corrected chi connectivity index (χ2v) is 4.39. The predicted octanol–water partition coefficient (Wildman–Crippen LogP) is 1.26. The van der Waals surface area contributed by atoms with Crippen molar-refractivity contribution in [3.8, 4) is 11.2 Å². The molecule has 4 nitrogen and oxygen atoms in total. The number of thiocyanates is 1. The molecule has 0 radical (unpaired) electrons. The third-order valence-electron chi connectivity index (χ3n) is 1.80. The zero-order chi connectivity index (χ0) is 10.8. The van der Waals surface area contributed by atoms with Crippen LogP contribution in [-0.4, -0.2) is 15.5 Å². The molecule has 0 amide bonds. The molecule has 0 aromatic heterocycles. The van der Waals surface area contributed by atoms with Crippen LogP contribution in [0.25, 0.3) is 0 Å². The van der Waals surface area contributed by atoms with Crippen LogP contribution in [0.4, 0.5) is 0 Å². The van der Waals surface area contributed by atoms with E-state index in [1.807, 2.05) is 0 Å². The Morgan fingerprint density at radius 2 is 2.07 bits per heavy atom. The van der Waals surface area contributed by atoms with Gasteiger partial charge in [0.05, 0.1) is 12.0 Å². The van der Waals surface area contributed by atoms with E-state index in [1.165, 1.54) is 30.7 Å². The minimum atomic E-state index is -3.80. The molecule has 1 aromatic rings. The average Bonchev–Trinajstić information content (AvgIpc) is 2.17. The van der Waals surface area contributed by atoms with E-state index in [0.29, 0.717) is 11.3 Å². The largest absolute Gasteiger partial charge is 0.496 e. The van der Waals surface area contributed by atoms with Crippen molar-refractivity contribution in [3.63, 3.8) is 0 Å². The van der Waals surface area contributed by atoms with E-state index in [-0.39, 0.29) is 4.90 Å². The maximum absolute atomic E-state index is 11.2. The Balaban J connectivity index is 3.31. The normalized spacial score (nSPS) is 10.6. The fraction of sp³-hybridized carbons (Fsp3) is 0.222. The summed E-state index contributed by atoms with van der Waals surface area (Å²) in [6, 6.07) is 4.29. The highest BCUT2D eigenvalue weighted by Gasteiger charge is 2.13. The molecule has 1 rings (SSSR count). The molecule has 0 spiro atoms. The van der Waals surface area contributed by atoms with Gasteiger partial charge in [0.2, 0.25) is 0 Å². The summed E-state index contributed by atoms with van der Waals surface area (Å²) in [5.74, 6) is 0.599. The third-order valence-corrected chi connectivity index (χ3v) is 2.91. The molecule has 0 fully saturated rings. The minimum absolute atomic E-state index is 0.00157. The molecule has 14 heavy (non-hydrogen) atoms. The first-order valence-corrected chi connectivity index (χ1v) is 5.30. The first-order chi connectivity index (χ1) is 6.51. The number of methoxy groups -OCH3 is 1. The Kier molecular flexibility index (Phi) is 2.77. The first kappa shape index (κ1) is 10.5. The summed E-state index contributed by atoms with van der Waals surface area (Å²) >= 11 is 0. The standard InChI is InChI=1S/C9H9NO3S/c1-7-5-8(14(11,12)6-10)3-4-9(7)13-2/h3-5H,1-2H3. The summed E-state index contributed by atoms with van der Waals surface area (Å²) in [5.41, 5.74) is 0.684. The highest BCUT2D eigenvalue weighted by Crippen LogP contribution is 2.21. The van der Waals surface area contributed by atoms with Crippen LogP contribution in [0, 0.1) is 17.6 Å². The van der Waals surface area contributed by atoms with Crippen molar-refractivity contribution in [3.05, 3.63) is 23.8 Å². The molecule has 74 valence electrons. The van der Waals surface area contributed by atoms with Crippen LogP contribution in [0.15, 0.2) is 23.1 Å². The Bertz CT molecular complexity index is 485. The van der Waals surface area contributed by atoms with Gasteiger partial charge in [-0.25, -0.2) is 8.42 Å². The van der Waals surface area contributed by atoms with Gasteiger partial charge in [-0.2, -0.15) is 5.26 Å². The molecular formula is C9H9NO3S. The molecule has 0 aliphatic heterocycles. The smallest absolute Gasteiger partial charge is 0.269 e. The number of rotatable bonds is 2. The van der Waals surface area contributed by atoms with Crippen molar-refractivity contribution in [2.45, 2.75) is 11.8 Å². The molecule has 0 aliphatic rings. The van der Waals surface area contributed by atoms with Crippen molar-refractivity contribution in [1.29, 1.82) is 5.26 Å². The highest BCUT2D eigenvalue weighted by molar-refractivity contribution is 7.95. The van der Waals surface area contributed by atoms with Crippen molar-refractivity contribution in [2.24, 2.45) is 0 Å². The summed E-state index contributed by atoms with van der Waals surface area (Å²) in [6.45, 7) is 1.72. The van der Waals surface area contributed by atoms with Crippen LogP contribution in [-0.2, 0) is 9.84 Å². The number of ether oxygens (including phenoxy) is 1. The van der Waals surface area contributed by atoms with Gasteiger partial charge in [0.15, 0.2) is 5.40 Å². The summed E-state index contributed by atoms with van der Waals surface area (Å²) in [7, 11) is -2.29. The fourth-order valence-electron chi connectivity index (χ4n) is 1.07. The van der Waals surface area contributed by atoms with E-state index in [9.17, 15) is 8.42 Å². The fourth-order valence-corrected chi connectivity index (χ4v) is 1.76. The van der Waals surface area contributed by atoms with E-state index < -0.39 is 9.84 Å². The van der Waals surface area contributed by atoms with Gasteiger partial charge >= 0.3 is 0 Å². The Labute approximate surface area is 82.7 Å². The Morgan fingerprint density at radius 1 is 1.43 bits per heavy atom. The number of benzene rings is 1. The van der Waals surface area contributed by atoms with Crippen molar-refractivity contribution in [2.75, 3.05) is 7.11 Å². The van der Waals surface area contributed by atoms with Gasteiger partial charge in [0, 0.05) is 0 Å². The molecule has 0 saturated heterocycles. The topological polar surface area (TPSA) is 67.2 Å². The van der Waals surface area contributed by atoms with Gasteiger partial charge in [-0.1, -0.05) is 0 Å². The van der Waals surface area contributed by atoms with Crippen LogP contribution >= 0.6 is 0 Å². The zero-order valence-corrected chi connectivity index (χ0v) is 8.63.